The molecule has 0 bridgehead atoms. The highest BCUT2D eigenvalue weighted by Crippen LogP contribution is 2.22. The van der Waals surface area contributed by atoms with Crippen LogP contribution in [0.1, 0.15) is 91.9 Å². The van der Waals surface area contributed by atoms with Gasteiger partial charge in [-0.3, -0.25) is 9.78 Å². The first-order chi connectivity index (χ1) is 14.3. The highest BCUT2D eigenvalue weighted by Gasteiger charge is 2.24. The monoisotopic (exact) mass is 438 g/mol. The number of carbonyl (C=O) groups excluding carboxylic acids is 1. The highest BCUT2D eigenvalue weighted by atomic mass is 32.1. The second kappa shape index (κ2) is 15.4. The fourth-order valence-corrected chi connectivity index (χ4v) is 3.82. The molecule has 0 aliphatic heterocycles. The van der Waals surface area contributed by atoms with Crippen molar-refractivity contribution < 1.29 is 9.53 Å². The topological polar surface area (TPSA) is 64.1 Å². The van der Waals surface area contributed by atoms with E-state index in [1.54, 1.807) is 16.8 Å². The number of nitrogens with zero attached hydrogens (tertiary/aromatic N) is 1. The summed E-state index contributed by atoms with van der Waals surface area (Å²) in [6, 6.07) is 1.76. The molecular formula is C24H42N2O3S. The van der Waals surface area contributed by atoms with Crippen molar-refractivity contribution in [1.29, 1.82) is 0 Å². The Labute approximate surface area is 187 Å². The predicted molar refractivity (Wildman–Crippen MR) is 126 cm³/mol. The lowest BCUT2D eigenvalue weighted by Gasteiger charge is -2.21. The van der Waals surface area contributed by atoms with E-state index in [0.29, 0.717) is 23.1 Å². The molecule has 30 heavy (non-hydrogen) atoms. The van der Waals surface area contributed by atoms with Crippen molar-refractivity contribution >= 4 is 18.2 Å². The van der Waals surface area contributed by atoms with E-state index in [2.05, 4.69) is 32.7 Å². The van der Waals surface area contributed by atoms with Gasteiger partial charge in [-0.1, -0.05) is 84.9 Å². The molecule has 0 radical (unpaired) electrons. The second-order valence-corrected chi connectivity index (χ2v) is 9.57. The number of rotatable bonds is 16. The normalized spacial score (nSPS) is 12.5. The molecule has 0 amide bonds. The van der Waals surface area contributed by atoms with Gasteiger partial charge < -0.3 is 9.30 Å². The Hall–Kier alpha value is -1.43. The number of hydrogen-bond donors (Lipinski definition) is 1. The Morgan fingerprint density at radius 1 is 1.00 bits per heavy atom. The molecule has 1 aromatic heterocycles. The van der Waals surface area contributed by atoms with E-state index < -0.39 is 0 Å². The van der Waals surface area contributed by atoms with E-state index in [1.807, 2.05) is 0 Å². The number of H-pyrrole nitrogens is 1. The van der Waals surface area contributed by atoms with Gasteiger partial charge in [0.05, 0.1) is 12.5 Å². The number of ether oxygens (including phenoxy) is 1. The third-order valence-electron chi connectivity index (χ3n) is 5.52. The first-order valence-corrected chi connectivity index (χ1v) is 12.2. The highest BCUT2D eigenvalue weighted by molar-refractivity contribution is 7.71. The minimum absolute atomic E-state index is 0.0149. The van der Waals surface area contributed by atoms with Gasteiger partial charge in [-0.25, -0.2) is 4.79 Å². The van der Waals surface area contributed by atoms with Gasteiger partial charge in [0, 0.05) is 12.7 Å². The molecule has 1 unspecified atom stereocenters. The zero-order valence-electron chi connectivity index (χ0n) is 19.5. The van der Waals surface area contributed by atoms with Crippen molar-refractivity contribution in [3.05, 3.63) is 27.4 Å². The number of carbonyl (C=O) groups is 1. The van der Waals surface area contributed by atoms with Crippen LogP contribution < -0.4 is 5.69 Å². The Bertz CT molecular complexity index is 709. The quantitative estimate of drug-likeness (QED) is 0.187. The summed E-state index contributed by atoms with van der Waals surface area (Å²) in [4.78, 5) is 26.6. The van der Waals surface area contributed by atoms with Crippen molar-refractivity contribution in [3.8, 4) is 0 Å². The fraction of sp³-hybridized carbons (Fsp3) is 0.792. The molecule has 6 heteroatoms. The molecule has 1 heterocycles. The van der Waals surface area contributed by atoms with Gasteiger partial charge >= 0.3 is 11.7 Å². The third-order valence-corrected chi connectivity index (χ3v) is 5.76. The van der Waals surface area contributed by atoms with E-state index in [1.165, 1.54) is 32.1 Å². The molecule has 5 nitrogen and oxygen atoms in total. The van der Waals surface area contributed by atoms with Crippen LogP contribution in [0.4, 0.5) is 0 Å². The van der Waals surface area contributed by atoms with E-state index in [0.717, 1.165) is 38.6 Å². The number of nitrogens with one attached hydrogen (secondary N) is 1. The molecular weight excluding hydrogens is 396 g/mol. The molecule has 0 fully saturated rings. The number of aromatic nitrogens is 2. The predicted octanol–water partition coefficient (Wildman–Crippen LogP) is 6.28. The van der Waals surface area contributed by atoms with Crippen molar-refractivity contribution in [1.82, 2.24) is 9.55 Å². The summed E-state index contributed by atoms with van der Waals surface area (Å²) in [5.41, 5.74) is -0.118. The lowest BCUT2D eigenvalue weighted by atomic mass is 9.88. The minimum Gasteiger partial charge on any atom is -0.465 e. The Kier molecular flexibility index (Phi) is 13.6. The molecule has 0 aliphatic carbocycles. The van der Waals surface area contributed by atoms with E-state index >= 15 is 0 Å². The van der Waals surface area contributed by atoms with Gasteiger partial charge in [-0.15, -0.1) is 0 Å². The fourth-order valence-electron chi connectivity index (χ4n) is 3.67. The number of esters is 1. The average Bonchev–Trinajstić information content (AvgIpc) is 2.67. The molecule has 0 saturated carbocycles. The molecule has 1 atom stereocenters. The maximum atomic E-state index is 12.3. The molecule has 0 aromatic carbocycles. The summed E-state index contributed by atoms with van der Waals surface area (Å²) in [7, 11) is 0. The van der Waals surface area contributed by atoms with Crippen molar-refractivity contribution in [2.75, 3.05) is 6.61 Å². The maximum Gasteiger partial charge on any atom is 0.326 e. The van der Waals surface area contributed by atoms with Crippen LogP contribution in [0.25, 0.3) is 0 Å². The zero-order chi connectivity index (χ0) is 22.4. The Balaban J connectivity index is 1.97. The second-order valence-electron chi connectivity index (χ2n) is 9.13. The van der Waals surface area contributed by atoms with E-state index in [9.17, 15) is 9.59 Å². The van der Waals surface area contributed by atoms with Crippen LogP contribution in [0.5, 0.6) is 0 Å². The van der Waals surface area contributed by atoms with Crippen LogP contribution >= 0.6 is 12.2 Å². The summed E-state index contributed by atoms with van der Waals surface area (Å²) in [6.07, 6.45) is 13.1. The number of aryl methyl sites for hydroxylation is 1. The van der Waals surface area contributed by atoms with Gasteiger partial charge in [0.15, 0.2) is 0 Å². The molecule has 0 saturated heterocycles. The van der Waals surface area contributed by atoms with E-state index in [-0.39, 0.29) is 17.6 Å². The summed E-state index contributed by atoms with van der Waals surface area (Å²) in [5.74, 6) is 0.873. The maximum absolute atomic E-state index is 12.3. The number of hydrogen-bond acceptors (Lipinski definition) is 4. The standard InChI is InChI=1S/C24H42N2O3S/c1-19(2)18-21(20(3)4)23(27)29-17-13-11-9-7-5-6-8-10-12-15-26-16-14-22(30)25-24(26)28/h14,16,19-21H,5-13,15,17-18H2,1-4H3,(H,25,28,30). The van der Waals surface area contributed by atoms with Gasteiger partial charge in [0.25, 0.3) is 0 Å². The summed E-state index contributed by atoms with van der Waals surface area (Å²) < 4.78 is 7.69. The third kappa shape index (κ3) is 11.7. The smallest absolute Gasteiger partial charge is 0.326 e. The average molecular weight is 439 g/mol. The van der Waals surface area contributed by atoms with Crippen LogP contribution in [0.15, 0.2) is 17.1 Å². The summed E-state index contributed by atoms with van der Waals surface area (Å²) >= 11 is 4.94. The molecule has 0 spiro atoms. The van der Waals surface area contributed by atoms with Crippen LogP contribution in [-0.2, 0) is 16.1 Å². The van der Waals surface area contributed by atoms with Crippen LogP contribution in [-0.4, -0.2) is 22.1 Å². The van der Waals surface area contributed by atoms with Gasteiger partial charge in [0.2, 0.25) is 0 Å². The SMILES string of the molecule is CC(C)CC(C(=O)OCCCCCCCCCCCn1ccc(=S)[nH]c1=O)C(C)C. The first-order valence-electron chi connectivity index (χ1n) is 11.8. The Morgan fingerprint density at radius 3 is 2.10 bits per heavy atom. The molecule has 0 aliphatic rings. The molecule has 1 rings (SSSR count). The first kappa shape index (κ1) is 26.6. The van der Waals surface area contributed by atoms with E-state index in [4.69, 9.17) is 17.0 Å². The molecule has 1 aromatic rings. The largest absolute Gasteiger partial charge is 0.465 e. The van der Waals surface area contributed by atoms with Crippen LogP contribution in [0.2, 0.25) is 0 Å². The lowest BCUT2D eigenvalue weighted by molar-refractivity contribution is -0.151. The molecule has 1 N–H and O–H groups in total. The van der Waals surface area contributed by atoms with Gasteiger partial charge in [-0.2, -0.15) is 0 Å². The van der Waals surface area contributed by atoms with Crippen molar-refractivity contribution in [3.63, 3.8) is 0 Å². The molecule has 172 valence electrons. The van der Waals surface area contributed by atoms with Gasteiger partial charge in [0.1, 0.15) is 4.64 Å². The Morgan fingerprint density at radius 2 is 1.57 bits per heavy atom. The van der Waals surface area contributed by atoms with Crippen LogP contribution in [0.3, 0.4) is 0 Å². The number of aromatic amines is 1. The van der Waals surface area contributed by atoms with Crippen LogP contribution in [0, 0.1) is 22.4 Å². The van der Waals surface area contributed by atoms with Gasteiger partial charge in [-0.05, 0) is 37.2 Å². The minimum atomic E-state index is -0.118. The number of unbranched alkanes of at least 4 members (excludes halogenated alkanes) is 8. The van der Waals surface area contributed by atoms with Crippen molar-refractivity contribution in [2.24, 2.45) is 17.8 Å². The van der Waals surface area contributed by atoms with Crippen molar-refractivity contribution in [2.45, 2.75) is 98.4 Å². The lowest BCUT2D eigenvalue weighted by Crippen LogP contribution is -2.24. The summed E-state index contributed by atoms with van der Waals surface area (Å²) in [5, 5.41) is 0. The summed E-state index contributed by atoms with van der Waals surface area (Å²) in [6.45, 7) is 9.82. The zero-order valence-corrected chi connectivity index (χ0v) is 20.3.